The zero-order valence-electron chi connectivity index (χ0n) is 16.0. The van der Waals surface area contributed by atoms with Crippen LogP contribution in [0.1, 0.15) is 85.0 Å². The molecule has 2 N–H and O–H groups in total. The molecule has 0 aromatic heterocycles. The van der Waals surface area contributed by atoms with Crippen molar-refractivity contribution in [2.24, 2.45) is 5.73 Å². The summed E-state index contributed by atoms with van der Waals surface area (Å²) in [5.41, 5.74) is 5.29. The third-order valence-corrected chi connectivity index (χ3v) is 4.22. The summed E-state index contributed by atoms with van der Waals surface area (Å²) in [7, 11) is 0. The van der Waals surface area contributed by atoms with E-state index in [9.17, 15) is 9.59 Å². The average molecular weight is 343 g/mol. The molecule has 0 saturated heterocycles. The lowest BCUT2D eigenvalue weighted by Gasteiger charge is -2.30. The minimum atomic E-state index is -0.360. The predicted molar refractivity (Wildman–Crippen MR) is 98.7 cm³/mol. The molecule has 0 aliphatic heterocycles. The normalized spacial score (nSPS) is 12.3. The molecule has 24 heavy (non-hydrogen) atoms. The standard InChI is InChI=1S/C19H38N2O3/c1-4-7-10-11-16-24-19(23)17(12-13-18(20)22)21(14-8-5-2)15-9-6-3/h17H,4-16H2,1-3H3,(H2,20,22)/t17-/m0/s1. The van der Waals surface area contributed by atoms with Gasteiger partial charge in [-0.25, -0.2) is 0 Å². The summed E-state index contributed by atoms with van der Waals surface area (Å²) in [6.45, 7) is 8.65. The average Bonchev–Trinajstić information content (AvgIpc) is 2.56. The molecule has 0 rings (SSSR count). The number of hydrogen-bond donors (Lipinski definition) is 1. The van der Waals surface area contributed by atoms with Gasteiger partial charge in [-0.2, -0.15) is 0 Å². The second kappa shape index (κ2) is 15.4. The number of carbonyl (C=O) groups excluding carboxylic acids is 2. The number of carbonyl (C=O) groups is 2. The molecule has 0 aliphatic rings. The molecule has 0 unspecified atom stereocenters. The van der Waals surface area contributed by atoms with Gasteiger partial charge in [0.25, 0.3) is 0 Å². The van der Waals surface area contributed by atoms with Crippen molar-refractivity contribution < 1.29 is 14.3 Å². The van der Waals surface area contributed by atoms with Crippen molar-refractivity contribution in [2.45, 2.75) is 91.0 Å². The highest BCUT2D eigenvalue weighted by molar-refractivity contribution is 5.78. The number of amides is 1. The second-order valence-electron chi connectivity index (χ2n) is 6.49. The van der Waals surface area contributed by atoms with Gasteiger partial charge >= 0.3 is 5.97 Å². The third-order valence-electron chi connectivity index (χ3n) is 4.22. The van der Waals surface area contributed by atoms with Crippen LogP contribution in [0.4, 0.5) is 0 Å². The first-order valence-electron chi connectivity index (χ1n) is 9.75. The molecular formula is C19H38N2O3. The van der Waals surface area contributed by atoms with Crippen molar-refractivity contribution >= 4 is 11.9 Å². The van der Waals surface area contributed by atoms with Crippen molar-refractivity contribution in [3.05, 3.63) is 0 Å². The molecule has 142 valence electrons. The second-order valence-corrected chi connectivity index (χ2v) is 6.49. The Morgan fingerprint density at radius 3 is 2.00 bits per heavy atom. The molecule has 0 radical (unpaired) electrons. The Labute approximate surface area is 148 Å². The van der Waals surface area contributed by atoms with Crippen LogP contribution < -0.4 is 5.73 Å². The molecule has 5 heteroatoms. The van der Waals surface area contributed by atoms with Crippen molar-refractivity contribution in [2.75, 3.05) is 19.7 Å². The summed E-state index contributed by atoms with van der Waals surface area (Å²) >= 11 is 0. The number of esters is 1. The summed E-state index contributed by atoms with van der Waals surface area (Å²) in [6.07, 6.45) is 9.26. The lowest BCUT2D eigenvalue weighted by atomic mass is 10.1. The molecule has 0 spiro atoms. The third kappa shape index (κ3) is 11.4. The summed E-state index contributed by atoms with van der Waals surface area (Å²) in [4.78, 5) is 25.9. The van der Waals surface area contributed by atoms with Crippen LogP contribution in [0.15, 0.2) is 0 Å². The SMILES string of the molecule is CCCCCCOC(=O)[C@H](CCC(N)=O)N(CCCC)CCCC. The van der Waals surface area contributed by atoms with Crippen molar-refractivity contribution in [1.82, 2.24) is 4.90 Å². The summed E-state index contributed by atoms with van der Waals surface area (Å²) in [5.74, 6) is -0.554. The number of hydrogen-bond acceptors (Lipinski definition) is 4. The molecule has 1 atom stereocenters. The number of nitrogens with zero attached hydrogens (tertiary/aromatic N) is 1. The van der Waals surface area contributed by atoms with Gasteiger partial charge in [-0.05, 0) is 38.8 Å². The van der Waals surface area contributed by atoms with Gasteiger partial charge in [0, 0.05) is 6.42 Å². The van der Waals surface area contributed by atoms with Crippen LogP contribution in [0.5, 0.6) is 0 Å². The highest BCUT2D eigenvalue weighted by Crippen LogP contribution is 2.13. The summed E-state index contributed by atoms with van der Waals surface area (Å²) in [6, 6.07) is -0.346. The lowest BCUT2D eigenvalue weighted by molar-refractivity contribution is -0.150. The fourth-order valence-electron chi connectivity index (χ4n) is 2.67. The maximum absolute atomic E-state index is 12.5. The molecule has 1 amide bonds. The van der Waals surface area contributed by atoms with E-state index in [-0.39, 0.29) is 24.3 Å². The van der Waals surface area contributed by atoms with Crippen LogP contribution in [0, 0.1) is 0 Å². The topological polar surface area (TPSA) is 72.6 Å². The maximum atomic E-state index is 12.5. The van der Waals surface area contributed by atoms with Gasteiger partial charge in [0.1, 0.15) is 6.04 Å². The van der Waals surface area contributed by atoms with E-state index in [1.54, 1.807) is 0 Å². The van der Waals surface area contributed by atoms with Crippen molar-refractivity contribution in [3.8, 4) is 0 Å². The highest BCUT2D eigenvalue weighted by atomic mass is 16.5. The van der Waals surface area contributed by atoms with Crippen LogP contribution in [0.3, 0.4) is 0 Å². The first-order valence-corrected chi connectivity index (χ1v) is 9.75. The van der Waals surface area contributed by atoms with Gasteiger partial charge in [0.05, 0.1) is 6.61 Å². The van der Waals surface area contributed by atoms with Crippen LogP contribution in [0.2, 0.25) is 0 Å². The molecule has 5 nitrogen and oxygen atoms in total. The monoisotopic (exact) mass is 342 g/mol. The summed E-state index contributed by atoms with van der Waals surface area (Å²) in [5, 5.41) is 0. The zero-order chi connectivity index (χ0) is 18.2. The Morgan fingerprint density at radius 2 is 1.50 bits per heavy atom. The van der Waals surface area contributed by atoms with Crippen LogP contribution >= 0.6 is 0 Å². The Kier molecular flexibility index (Phi) is 14.7. The molecule has 0 heterocycles. The van der Waals surface area contributed by atoms with Crippen molar-refractivity contribution in [3.63, 3.8) is 0 Å². The van der Waals surface area contributed by atoms with Gasteiger partial charge in [0.2, 0.25) is 5.91 Å². The number of rotatable bonds is 16. The first kappa shape index (κ1) is 22.9. The number of ether oxygens (including phenoxy) is 1. The molecule has 0 saturated carbocycles. The fraction of sp³-hybridized carbons (Fsp3) is 0.895. The van der Waals surface area contributed by atoms with E-state index >= 15 is 0 Å². The Hall–Kier alpha value is -1.10. The Bertz CT molecular complexity index is 327. The molecular weight excluding hydrogens is 304 g/mol. The van der Waals surface area contributed by atoms with E-state index < -0.39 is 0 Å². The molecule has 0 aliphatic carbocycles. The number of nitrogens with two attached hydrogens (primary N) is 1. The molecule has 0 fully saturated rings. The number of primary amides is 1. The molecule has 0 bridgehead atoms. The zero-order valence-corrected chi connectivity index (χ0v) is 16.0. The predicted octanol–water partition coefficient (Wildman–Crippen LogP) is 3.65. The quantitative estimate of drug-likeness (QED) is 0.343. The molecule has 0 aromatic carbocycles. The molecule has 0 aromatic rings. The van der Waals surface area contributed by atoms with E-state index in [1.165, 1.54) is 6.42 Å². The Balaban J connectivity index is 4.67. The Morgan fingerprint density at radius 1 is 0.917 bits per heavy atom. The van der Waals surface area contributed by atoms with Crippen molar-refractivity contribution in [1.29, 1.82) is 0 Å². The van der Waals surface area contributed by atoms with E-state index in [0.717, 1.165) is 58.0 Å². The fourth-order valence-corrected chi connectivity index (χ4v) is 2.67. The van der Waals surface area contributed by atoms with E-state index in [1.807, 2.05) is 0 Å². The summed E-state index contributed by atoms with van der Waals surface area (Å²) < 4.78 is 5.49. The maximum Gasteiger partial charge on any atom is 0.323 e. The first-order chi connectivity index (χ1) is 11.6. The minimum Gasteiger partial charge on any atom is -0.465 e. The van der Waals surface area contributed by atoms with Gasteiger partial charge in [-0.3, -0.25) is 14.5 Å². The van der Waals surface area contributed by atoms with Gasteiger partial charge in [-0.1, -0.05) is 52.9 Å². The van der Waals surface area contributed by atoms with Crippen LogP contribution in [-0.4, -0.2) is 42.5 Å². The van der Waals surface area contributed by atoms with E-state index in [4.69, 9.17) is 10.5 Å². The highest BCUT2D eigenvalue weighted by Gasteiger charge is 2.27. The number of unbranched alkanes of at least 4 members (excludes halogenated alkanes) is 5. The van der Waals surface area contributed by atoms with Crippen LogP contribution in [0.25, 0.3) is 0 Å². The van der Waals surface area contributed by atoms with Gasteiger partial charge < -0.3 is 10.5 Å². The smallest absolute Gasteiger partial charge is 0.323 e. The lowest BCUT2D eigenvalue weighted by Crippen LogP contribution is -2.44. The van der Waals surface area contributed by atoms with Gasteiger partial charge in [-0.15, -0.1) is 0 Å². The van der Waals surface area contributed by atoms with E-state index in [0.29, 0.717) is 13.0 Å². The largest absolute Gasteiger partial charge is 0.465 e. The van der Waals surface area contributed by atoms with Crippen LogP contribution in [-0.2, 0) is 14.3 Å². The van der Waals surface area contributed by atoms with Gasteiger partial charge in [0.15, 0.2) is 0 Å². The minimum absolute atomic E-state index is 0.194. The van der Waals surface area contributed by atoms with E-state index in [2.05, 4.69) is 25.7 Å².